The Balaban J connectivity index is 0.000000216. The summed E-state index contributed by atoms with van der Waals surface area (Å²) < 4.78 is 13.4. The molecule has 4 aliphatic carbocycles. The molecule has 0 bridgehead atoms. The first-order valence-electron chi connectivity index (χ1n) is 12.3. The van der Waals surface area contributed by atoms with Gasteiger partial charge >= 0.3 is 0 Å². The Morgan fingerprint density at radius 3 is 1.74 bits per heavy atom. The second-order valence-corrected chi connectivity index (χ2v) is 9.91. The van der Waals surface area contributed by atoms with Crippen LogP contribution in [0.5, 0.6) is 0 Å². The fourth-order valence-electron chi connectivity index (χ4n) is 5.05. The average molecular weight is 378 g/mol. The van der Waals surface area contributed by atoms with E-state index in [2.05, 4.69) is 24.9 Å². The third kappa shape index (κ3) is 5.97. The first-order valence-corrected chi connectivity index (χ1v) is 12.3. The summed E-state index contributed by atoms with van der Waals surface area (Å²) in [7, 11) is 0. The Bertz CT molecular complexity index is 425. The number of halogens is 1. The van der Waals surface area contributed by atoms with Crippen molar-refractivity contribution in [3.8, 4) is 0 Å². The number of rotatable bonds is 2. The van der Waals surface area contributed by atoms with Crippen LogP contribution in [0.1, 0.15) is 117 Å². The standard InChI is InChI=1S/C17H28FN.2C4H8/c1-12(2)19-11-16(13-7-9-14(18)10-8-13)15-5-3-4-6-17(15)19;2*1-2-4-3-1/h11-15,17H,3-10H2,1-2H3;2*1-4H2. The summed E-state index contributed by atoms with van der Waals surface area (Å²) in [4.78, 5) is 2.61. The quantitative estimate of drug-likeness (QED) is 0.474. The minimum atomic E-state index is -0.526. The van der Waals surface area contributed by atoms with Gasteiger partial charge in [-0.3, -0.25) is 0 Å². The van der Waals surface area contributed by atoms with Gasteiger partial charge in [0.25, 0.3) is 0 Å². The van der Waals surface area contributed by atoms with Crippen molar-refractivity contribution in [2.75, 3.05) is 0 Å². The van der Waals surface area contributed by atoms with E-state index >= 15 is 0 Å². The fraction of sp³-hybridized carbons (Fsp3) is 0.920. The molecule has 2 unspecified atom stereocenters. The predicted molar refractivity (Wildman–Crippen MR) is 115 cm³/mol. The molecule has 0 spiro atoms. The Kier molecular flexibility index (Phi) is 8.52. The summed E-state index contributed by atoms with van der Waals surface area (Å²) in [5.41, 5.74) is 1.69. The number of fused-ring (bicyclic) bond motifs is 1. The molecule has 2 heteroatoms. The van der Waals surface area contributed by atoms with Gasteiger partial charge in [0.2, 0.25) is 0 Å². The summed E-state index contributed by atoms with van der Waals surface area (Å²) in [5.74, 6) is 1.47. The third-order valence-electron chi connectivity index (χ3n) is 7.56. The van der Waals surface area contributed by atoms with Gasteiger partial charge in [-0.15, -0.1) is 0 Å². The molecule has 0 aromatic rings. The van der Waals surface area contributed by atoms with Crippen molar-refractivity contribution in [3.63, 3.8) is 0 Å². The molecule has 5 aliphatic rings. The molecule has 0 amide bonds. The molecule has 0 radical (unpaired) electrons. The van der Waals surface area contributed by atoms with E-state index in [-0.39, 0.29) is 0 Å². The molecular formula is C25H44FN. The van der Waals surface area contributed by atoms with E-state index in [0.717, 1.165) is 37.6 Å². The smallest absolute Gasteiger partial charge is 0.100 e. The van der Waals surface area contributed by atoms with Crippen molar-refractivity contribution >= 4 is 0 Å². The maximum absolute atomic E-state index is 13.4. The van der Waals surface area contributed by atoms with Crippen LogP contribution in [0.25, 0.3) is 0 Å². The van der Waals surface area contributed by atoms with Crippen LogP contribution in [0.15, 0.2) is 11.8 Å². The highest BCUT2D eigenvalue weighted by Crippen LogP contribution is 2.46. The third-order valence-corrected chi connectivity index (χ3v) is 7.56. The van der Waals surface area contributed by atoms with Gasteiger partial charge in [0, 0.05) is 18.0 Å². The van der Waals surface area contributed by atoms with Gasteiger partial charge in [-0.2, -0.15) is 0 Å². The SMILES string of the molecule is C1CCC1.C1CCC1.CC(C)N1C=C(C2CCC(F)CC2)C2CCCCC21. The van der Waals surface area contributed by atoms with Crippen LogP contribution < -0.4 is 0 Å². The van der Waals surface area contributed by atoms with E-state index in [0.29, 0.717) is 12.0 Å². The van der Waals surface area contributed by atoms with Crippen molar-refractivity contribution < 1.29 is 4.39 Å². The van der Waals surface area contributed by atoms with E-state index in [1.54, 1.807) is 5.57 Å². The van der Waals surface area contributed by atoms with Gasteiger partial charge < -0.3 is 4.90 Å². The lowest BCUT2D eigenvalue weighted by Crippen LogP contribution is -2.38. The molecule has 0 aromatic carbocycles. The largest absolute Gasteiger partial charge is 0.371 e. The van der Waals surface area contributed by atoms with Gasteiger partial charge in [-0.05, 0) is 70.1 Å². The van der Waals surface area contributed by atoms with E-state index in [1.165, 1.54) is 77.0 Å². The monoisotopic (exact) mass is 377 g/mol. The molecule has 2 atom stereocenters. The lowest BCUT2D eigenvalue weighted by atomic mass is 9.73. The van der Waals surface area contributed by atoms with Gasteiger partial charge in [-0.25, -0.2) is 4.39 Å². The van der Waals surface area contributed by atoms with Gasteiger partial charge in [0.05, 0.1) is 0 Å². The summed E-state index contributed by atoms with van der Waals surface area (Å²) in [6, 6.07) is 1.37. The average Bonchev–Trinajstić information content (AvgIpc) is 2.92. The molecule has 27 heavy (non-hydrogen) atoms. The molecule has 4 saturated carbocycles. The highest BCUT2D eigenvalue weighted by Gasteiger charge is 2.40. The second-order valence-electron chi connectivity index (χ2n) is 9.91. The Morgan fingerprint density at radius 2 is 1.26 bits per heavy atom. The van der Waals surface area contributed by atoms with E-state index in [1.807, 2.05) is 0 Å². The highest BCUT2D eigenvalue weighted by molar-refractivity contribution is 5.22. The van der Waals surface area contributed by atoms with Crippen LogP contribution in [0.4, 0.5) is 4.39 Å². The Labute approximate surface area is 168 Å². The van der Waals surface area contributed by atoms with E-state index < -0.39 is 6.17 Å². The lowest BCUT2D eigenvalue weighted by molar-refractivity contribution is 0.161. The zero-order valence-electron chi connectivity index (χ0n) is 18.1. The number of hydrogen-bond acceptors (Lipinski definition) is 1. The van der Waals surface area contributed by atoms with Crippen LogP contribution in [-0.2, 0) is 0 Å². The number of nitrogens with zero attached hydrogens (tertiary/aromatic N) is 1. The molecule has 0 saturated heterocycles. The van der Waals surface area contributed by atoms with Crippen molar-refractivity contribution in [2.24, 2.45) is 11.8 Å². The lowest BCUT2D eigenvalue weighted by Gasteiger charge is -2.37. The minimum absolute atomic E-state index is 0.526. The van der Waals surface area contributed by atoms with Crippen molar-refractivity contribution in [2.45, 2.75) is 135 Å². The van der Waals surface area contributed by atoms with Gasteiger partial charge in [0.15, 0.2) is 0 Å². The molecule has 5 rings (SSSR count). The summed E-state index contributed by atoms with van der Waals surface area (Å²) >= 11 is 0. The number of alkyl halides is 1. The first-order chi connectivity index (χ1) is 13.2. The first kappa shape index (κ1) is 21.2. The fourth-order valence-corrected chi connectivity index (χ4v) is 5.05. The molecule has 1 heterocycles. The molecule has 1 aliphatic heterocycles. The highest BCUT2D eigenvalue weighted by atomic mass is 19.1. The topological polar surface area (TPSA) is 3.24 Å². The van der Waals surface area contributed by atoms with Crippen molar-refractivity contribution in [3.05, 3.63) is 11.8 Å². The summed E-state index contributed by atoms with van der Waals surface area (Å²) in [6.45, 7) is 4.62. The van der Waals surface area contributed by atoms with Crippen LogP contribution >= 0.6 is 0 Å². The molecule has 0 aromatic heterocycles. The van der Waals surface area contributed by atoms with Crippen LogP contribution in [0.2, 0.25) is 0 Å². The normalized spacial score (nSPS) is 34.8. The Morgan fingerprint density at radius 1 is 0.741 bits per heavy atom. The Hall–Kier alpha value is -0.530. The minimum Gasteiger partial charge on any atom is -0.371 e. The number of hydrogen-bond donors (Lipinski definition) is 0. The molecule has 0 N–H and O–H groups in total. The zero-order chi connectivity index (χ0) is 19.1. The molecule has 156 valence electrons. The van der Waals surface area contributed by atoms with Crippen molar-refractivity contribution in [1.82, 2.24) is 4.90 Å². The summed E-state index contributed by atoms with van der Waals surface area (Å²) in [5, 5.41) is 0. The summed E-state index contributed by atoms with van der Waals surface area (Å²) in [6.07, 6.45) is 23.2. The van der Waals surface area contributed by atoms with Crippen LogP contribution in [0.3, 0.4) is 0 Å². The van der Waals surface area contributed by atoms with Crippen molar-refractivity contribution in [1.29, 1.82) is 0 Å². The maximum atomic E-state index is 13.4. The van der Waals surface area contributed by atoms with E-state index in [9.17, 15) is 4.39 Å². The van der Waals surface area contributed by atoms with Gasteiger partial charge in [0.1, 0.15) is 6.17 Å². The predicted octanol–water partition coefficient (Wildman–Crippen LogP) is 7.80. The molecular weight excluding hydrogens is 333 g/mol. The second kappa shape index (κ2) is 10.9. The van der Waals surface area contributed by atoms with Crippen LogP contribution in [0, 0.1) is 11.8 Å². The molecule has 4 fully saturated rings. The van der Waals surface area contributed by atoms with E-state index in [4.69, 9.17) is 0 Å². The maximum Gasteiger partial charge on any atom is 0.100 e. The van der Waals surface area contributed by atoms with Crippen LogP contribution in [-0.4, -0.2) is 23.2 Å². The van der Waals surface area contributed by atoms with Gasteiger partial charge in [-0.1, -0.05) is 64.2 Å². The molecule has 1 nitrogen and oxygen atoms in total. The zero-order valence-corrected chi connectivity index (χ0v) is 18.1.